The highest BCUT2D eigenvalue weighted by Crippen LogP contribution is 2.34. The van der Waals surface area contributed by atoms with Crippen LogP contribution in [0.1, 0.15) is 36.5 Å². The van der Waals surface area contributed by atoms with Crippen LogP contribution in [0.2, 0.25) is 0 Å². The van der Waals surface area contributed by atoms with Gasteiger partial charge in [0.25, 0.3) is 0 Å². The van der Waals surface area contributed by atoms with Gasteiger partial charge in [-0.15, -0.1) is 18.3 Å². The summed E-state index contributed by atoms with van der Waals surface area (Å²) in [7, 11) is 0. The summed E-state index contributed by atoms with van der Waals surface area (Å²) in [6, 6.07) is 18.0. The number of aryl methyl sites for hydroxylation is 1. The highest BCUT2D eigenvalue weighted by atomic mass is 32.2. The molecule has 2 heterocycles. The number of hydrogen-bond donors (Lipinski definition) is 1. The van der Waals surface area contributed by atoms with Gasteiger partial charge in [-0.3, -0.25) is 4.90 Å². The van der Waals surface area contributed by atoms with Crippen molar-refractivity contribution in [3.63, 3.8) is 0 Å². The molecule has 1 fully saturated rings. The number of thioether (sulfide) groups is 1. The van der Waals surface area contributed by atoms with Crippen LogP contribution in [0.5, 0.6) is 5.75 Å². The third-order valence-electron chi connectivity index (χ3n) is 6.38. The van der Waals surface area contributed by atoms with Crippen LogP contribution in [0.4, 0.5) is 23.7 Å². The van der Waals surface area contributed by atoms with Crippen molar-refractivity contribution in [2.75, 3.05) is 10.7 Å². The monoisotopic (exact) mass is 637 g/mol. The Kier molecular flexibility index (Phi) is 9.11. The SMILES string of the molecule is Cc1ccc(C(C)C)c(N2C(=S)CSC2=NC(=O)N/N=C/c2ccc(-c3ncn(-c4ccc(OC(F)(F)F)cc4)n3)cc2)c1. The third kappa shape index (κ3) is 7.50. The van der Waals surface area contributed by atoms with Gasteiger partial charge in [-0.2, -0.15) is 10.1 Å². The molecule has 0 radical (unpaired) electrons. The summed E-state index contributed by atoms with van der Waals surface area (Å²) in [6.07, 6.45) is -1.82. The third-order valence-corrected chi connectivity index (χ3v) is 7.84. The van der Waals surface area contributed by atoms with Crippen LogP contribution in [0.25, 0.3) is 17.1 Å². The minimum Gasteiger partial charge on any atom is -0.406 e. The maximum Gasteiger partial charge on any atom is 0.573 e. The van der Waals surface area contributed by atoms with Gasteiger partial charge >= 0.3 is 12.4 Å². The van der Waals surface area contributed by atoms with E-state index in [-0.39, 0.29) is 11.7 Å². The molecule has 1 saturated heterocycles. The Morgan fingerprint density at radius 2 is 1.84 bits per heavy atom. The molecule has 1 aliphatic heterocycles. The molecule has 0 atom stereocenters. The Hall–Kier alpha value is -4.56. The molecule has 0 spiro atoms. The zero-order valence-corrected chi connectivity index (χ0v) is 25.4. The highest BCUT2D eigenvalue weighted by Gasteiger charge is 2.31. The summed E-state index contributed by atoms with van der Waals surface area (Å²) in [5, 5.41) is 8.92. The zero-order chi connectivity index (χ0) is 31.4. The number of hydrogen-bond acceptors (Lipinski definition) is 7. The van der Waals surface area contributed by atoms with Crippen molar-refractivity contribution in [2.45, 2.75) is 33.1 Å². The van der Waals surface area contributed by atoms with Gasteiger partial charge < -0.3 is 4.74 Å². The first-order valence-electron chi connectivity index (χ1n) is 13.3. The molecule has 14 heteroatoms. The average molecular weight is 638 g/mol. The first-order chi connectivity index (χ1) is 21.0. The van der Waals surface area contributed by atoms with E-state index in [9.17, 15) is 18.0 Å². The van der Waals surface area contributed by atoms with Crippen molar-refractivity contribution in [2.24, 2.45) is 10.1 Å². The van der Waals surface area contributed by atoms with Crippen molar-refractivity contribution in [1.29, 1.82) is 0 Å². The number of ether oxygens (including phenoxy) is 1. The summed E-state index contributed by atoms with van der Waals surface area (Å²) < 4.78 is 42.5. The first-order valence-corrected chi connectivity index (χ1v) is 14.7. The number of carbonyl (C=O) groups is 1. The number of anilines is 1. The first kappa shape index (κ1) is 30.9. The number of hydrazone groups is 1. The highest BCUT2D eigenvalue weighted by molar-refractivity contribution is 8.16. The molecule has 226 valence electrons. The van der Waals surface area contributed by atoms with Gasteiger partial charge in [0.2, 0.25) is 0 Å². The molecule has 0 bridgehead atoms. The van der Waals surface area contributed by atoms with Crippen molar-refractivity contribution in [3.05, 3.63) is 89.7 Å². The van der Waals surface area contributed by atoms with Crippen LogP contribution >= 0.6 is 24.0 Å². The Labute approximate surface area is 260 Å². The lowest BCUT2D eigenvalue weighted by atomic mass is 9.99. The summed E-state index contributed by atoms with van der Waals surface area (Å²) in [5.74, 6) is 0.908. The molecule has 5 rings (SSSR count). The largest absolute Gasteiger partial charge is 0.573 e. The van der Waals surface area contributed by atoms with Gasteiger partial charge in [-0.25, -0.2) is 19.9 Å². The van der Waals surface area contributed by atoms with Gasteiger partial charge in [0.15, 0.2) is 11.0 Å². The Bertz CT molecular complexity index is 1730. The number of rotatable bonds is 7. The molecule has 0 aliphatic carbocycles. The number of thiocarbonyl (C=S) groups is 1. The number of halogens is 3. The van der Waals surface area contributed by atoms with Crippen molar-refractivity contribution < 1.29 is 22.7 Å². The van der Waals surface area contributed by atoms with Crippen LogP contribution in [0, 0.1) is 6.92 Å². The molecule has 0 unspecified atom stereocenters. The molecule has 44 heavy (non-hydrogen) atoms. The molecule has 9 nitrogen and oxygen atoms in total. The lowest BCUT2D eigenvalue weighted by Crippen LogP contribution is -2.30. The Morgan fingerprint density at radius 3 is 2.52 bits per heavy atom. The van der Waals surface area contributed by atoms with E-state index >= 15 is 0 Å². The van der Waals surface area contributed by atoms with E-state index in [0.717, 1.165) is 16.8 Å². The molecule has 4 aromatic rings. The molecular formula is C30H26F3N7O2S2. The minimum absolute atomic E-state index is 0.263. The molecular weight excluding hydrogens is 612 g/mol. The number of nitrogens with one attached hydrogen (secondary N) is 1. The van der Waals surface area contributed by atoms with E-state index in [1.807, 2.05) is 11.8 Å². The van der Waals surface area contributed by atoms with Crippen molar-refractivity contribution in [3.8, 4) is 22.8 Å². The van der Waals surface area contributed by atoms with Gasteiger partial charge in [0.1, 0.15) is 12.1 Å². The van der Waals surface area contributed by atoms with Gasteiger partial charge in [-0.05, 0) is 59.9 Å². The van der Waals surface area contributed by atoms with E-state index in [2.05, 4.69) is 62.4 Å². The van der Waals surface area contributed by atoms with Crippen LogP contribution in [0.3, 0.4) is 0 Å². The normalized spacial score (nSPS) is 14.7. The molecule has 1 N–H and O–H groups in total. The summed E-state index contributed by atoms with van der Waals surface area (Å²) in [4.78, 5) is 23.7. The van der Waals surface area contributed by atoms with Crippen molar-refractivity contribution in [1.82, 2.24) is 20.2 Å². The maximum atomic E-state index is 12.6. The number of urea groups is 1. The maximum absolute atomic E-state index is 12.6. The summed E-state index contributed by atoms with van der Waals surface area (Å²) in [6.45, 7) is 6.23. The fourth-order valence-electron chi connectivity index (χ4n) is 4.33. The topological polar surface area (TPSA) is 97.0 Å². The standard InChI is InChI=1S/C30H26F3N7O2S2/c1-18(2)24-13-4-19(3)14-25(24)40-26(43)16-44-29(40)36-28(41)37-35-15-20-5-7-21(8-6-20)27-34-17-39(38-27)22-9-11-23(12-10-22)42-30(31,32)33/h4-15,17-18H,16H2,1-3H3,(H,37,41)/b35-15+,36-29?. The smallest absolute Gasteiger partial charge is 0.406 e. The summed E-state index contributed by atoms with van der Waals surface area (Å²) in [5.41, 5.74) is 7.50. The number of amides is 2. The van der Waals surface area contributed by atoms with Crippen LogP contribution in [-0.2, 0) is 0 Å². The number of carbonyl (C=O) groups excluding carboxylic acids is 1. The van der Waals surface area contributed by atoms with Crippen LogP contribution in [0.15, 0.2) is 83.2 Å². The van der Waals surface area contributed by atoms with E-state index < -0.39 is 12.4 Å². The second kappa shape index (κ2) is 13.0. The van der Waals surface area contributed by atoms with E-state index in [4.69, 9.17) is 12.2 Å². The van der Waals surface area contributed by atoms with Crippen LogP contribution in [-0.4, -0.2) is 49.3 Å². The minimum atomic E-state index is -4.76. The van der Waals surface area contributed by atoms with Crippen LogP contribution < -0.4 is 15.1 Å². The molecule has 1 aromatic heterocycles. The quantitative estimate of drug-likeness (QED) is 0.130. The second-order valence-electron chi connectivity index (χ2n) is 9.98. The molecule has 2 amide bonds. The number of nitrogens with zero attached hydrogens (tertiary/aromatic N) is 6. The zero-order valence-electron chi connectivity index (χ0n) is 23.7. The Balaban J connectivity index is 1.21. The fraction of sp³-hybridized carbons (Fsp3) is 0.200. The Morgan fingerprint density at radius 1 is 1.11 bits per heavy atom. The predicted octanol–water partition coefficient (Wildman–Crippen LogP) is 7.25. The second-order valence-corrected chi connectivity index (χ2v) is 11.4. The molecule has 0 saturated carbocycles. The van der Waals surface area contributed by atoms with E-state index in [1.165, 1.54) is 53.3 Å². The number of aliphatic imine (C=N–C) groups is 1. The van der Waals surface area contributed by atoms with Crippen molar-refractivity contribution >= 4 is 52.1 Å². The van der Waals surface area contributed by atoms with Gasteiger partial charge in [-0.1, -0.05) is 74.2 Å². The van der Waals surface area contributed by atoms with Gasteiger partial charge in [0, 0.05) is 5.56 Å². The number of benzene rings is 3. The van der Waals surface area contributed by atoms with Gasteiger partial charge in [0.05, 0.1) is 28.3 Å². The lowest BCUT2D eigenvalue weighted by Gasteiger charge is -2.23. The summed E-state index contributed by atoms with van der Waals surface area (Å²) >= 11 is 7.00. The molecule has 1 aliphatic rings. The molecule has 3 aromatic carbocycles. The lowest BCUT2D eigenvalue weighted by molar-refractivity contribution is -0.274. The predicted molar refractivity (Wildman–Crippen MR) is 170 cm³/mol. The fourth-order valence-corrected chi connectivity index (χ4v) is 5.62. The van der Waals surface area contributed by atoms with E-state index in [1.54, 1.807) is 24.3 Å². The number of aromatic nitrogens is 3. The number of alkyl halides is 3. The van der Waals surface area contributed by atoms with E-state index in [0.29, 0.717) is 38.5 Å². The average Bonchev–Trinajstić information content (AvgIpc) is 3.60. The number of amidine groups is 1.